The number of aromatic amines is 1. The zero-order chi connectivity index (χ0) is 49.4. The highest BCUT2D eigenvalue weighted by molar-refractivity contribution is 6.03. The number of piperidine rings is 1. The molecule has 71 heavy (non-hydrogen) atoms. The molecule has 0 saturated carbocycles. The minimum Gasteiger partial charge on any atom is -0.340 e. The normalized spacial score (nSPS) is 16.1. The zero-order valence-corrected chi connectivity index (χ0v) is 40.4. The largest absolute Gasteiger partial charge is 0.340 e. The van der Waals surface area contributed by atoms with Crippen LogP contribution in [0.4, 0.5) is 10.1 Å². The van der Waals surface area contributed by atoms with Crippen LogP contribution in [-0.2, 0) is 36.0 Å². The number of amides is 4. The number of hydrogen-bond donors (Lipinski definition) is 3. The summed E-state index contributed by atoms with van der Waals surface area (Å²) in [6.07, 6.45) is 8.42. The Bertz CT molecular complexity index is 2950. The van der Waals surface area contributed by atoms with Gasteiger partial charge in [-0.05, 0) is 79.2 Å². The van der Waals surface area contributed by atoms with Crippen molar-refractivity contribution in [3.05, 3.63) is 141 Å². The van der Waals surface area contributed by atoms with Gasteiger partial charge in [-0.15, -0.1) is 0 Å². The monoisotopic (exact) mass is 964 g/mol. The number of aromatic nitrogens is 5. The molecule has 4 amide bonds. The molecule has 3 N–H and O–H groups in total. The Balaban J connectivity index is 0.721. The molecule has 18 heteroatoms. The van der Waals surface area contributed by atoms with Crippen LogP contribution in [0.1, 0.15) is 63.1 Å². The van der Waals surface area contributed by atoms with E-state index in [2.05, 4.69) is 59.7 Å². The number of H-pyrrole nitrogens is 1. The molecule has 3 aromatic carbocycles. The Morgan fingerprint density at radius 1 is 0.761 bits per heavy atom. The van der Waals surface area contributed by atoms with Crippen LogP contribution < -0.4 is 16.2 Å². The summed E-state index contributed by atoms with van der Waals surface area (Å²) in [5.41, 5.74) is 5.37. The molecule has 0 unspecified atom stereocenters. The SMILES string of the molecule is CCc1cccc(-c2cnc(C(=O)N3CCN(CC4CCN(CC(=O)N5CCN(C(=O)c6cc(Cc7n[nH]c(=O)c8ccccc78)ccc6F)CC5)CC4)CC3)c(NC(=O)CNCc3cn(C)cn3)c2)c1. The number of benzene rings is 3. The van der Waals surface area contributed by atoms with E-state index in [-0.39, 0.29) is 41.1 Å². The summed E-state index contributed by atoms with van der Waals surface area (Å²) in [5, 5.41) is 14.1. The number of nitrogens with one attached hydrogen (secondary N) is 3. The van der Waals surface area contributed by atoms with E-state index in [1.54, 1.807) is 46.6 Å². The van der Waals surface area contributed by atoms with Crippen molar-refractivity contribution in [3.8, 4) is 11.1 Å². The number of hydrogen-bond acceptors (Lipinski definition) is 11. The minimum atomic E-state index is -0.610. The molecule has 9 rings (SSSR count). The molecule has 17 nitrogen and oxygen atoms in total. The lowest BCUT2D eigenvalue weighted by atomic mass is 9.96. The summed E-state index contributed by atoms with van der Waals surface area (Å²) >= 11 is 0. The summed E-state index contributed by atoms with van der Waals surface area (Å²) in [4.78, 5) is 85.5. The first-order valence-corrected chi connectivity index (χ1v) is 24.6. The Morgan fingerprint density at radius 3 is 2.24 bits per heavy atom. The van der Waals surface area contributed by atoms with Gasteiger partial charge in [-0.1, -0.05) is 55.5 Å². The molecule has 3 aliphatic rings. The van der Waals surface area contributed by atoms with Gasteiger partial charge in [0.1, 0.15) is 5.82 Å². The van der Waals surface area contributed by atoms with E-state index < -0.39 is 11.7 Å². The van der Waals surface area contributed by atoms with Crippen molar-refractivity contribution in [2.75, 3.05) is 90.4 Å². The molecule has 0 aliphatic carbocycles. The molecule has 0 spiro atoms. The number of imidazole rings is 1. The Kier molecular flexibility index (Phi) is 15.3. The number of pyridine rings is 1. The van der Waals surface area contributed by atoms with Gasteiger partial charge in [0.25, 0.3) is 17.4 Å². The number of nitrogens with zero attached hydrogens (tertiary/aromatic N) is 9. The molecule has 370 valence electrons. The van der Waals surface area contributed by atoms with E-state index in [9.17, 15) is 24.0 Å². The van der Waals surface area contributed by atoms with Crippen LogP contribution in [-0.4, -0.2) is 158 Å². The van der Waals surface area contributed by atoms with Crippen LogP contribution in [0.2, 0.25) is 0 Å². The van der Waals surface area contributed by atoms with Crippen LogP contribution in [0.5, 0.6) is 0 Å². The Morgan fingerprint density at radius 2 is 1.49 bits per heavy atom. The molecule has 0 atom stereocenters. The van der Waals surface area contributed by atoms with Crippen molar-refractivity contribution in [2.24, 2.45) is 13.0 Å². The molecule has 6 aromatic rings. The van der Waals surface area contributed by atoms with E-state index >= 15 is 4.39 Å². The van der Waals surface area contributed by atoms with Gasteiger partial charge in [0.05, 0.1) is 47.4 Å². The highest BCUT2D eigenvalue weighted by Gasteiger charge is 2.31. The van der Waals surface area contributed by atoms with Crippen LogP contribution in [0.3, 0.4) is 0 Å². The molecule has 0 bridgehead atoms. The summed E-state index contributed by atoms with van der Waals surface area (Å²) in [5.74, 6) is -1.03. The van der Waals surface area contributed by atoms with Crippen molar-refractivity contribution in [1.29, 1.82) is 0 Å². The molecular weight excluding hydrogens is 904 g/mol. The van der Waals surface area contributed by atoms with Gasteiger partial charge in [-0.25, -0.2) is 19.5 Å². The number of likely N-dealkylation sites (tertiary alicyclic amines) is 1. The van der Waals surface area contributed by atoms with Crippen molar-refractivity contribution < 1.29 is 23.6 Å². The number of rotatable bonds is 15. The number of aryl methyl sites for hydroxylation is 2. The maximum atomic E-state index is 15.1. The number of fused-ring (bicyclic) bond motifs is 1. The third kappa shape index (κ3) is 11.9. The van der Waals surface area contributed by atoms with E-state index in [0.29, 0.717) is 92.4 Å². The lowest BCUT2D eigenvalue weighted by Gasteiger charge is -2.39. The molecule has 3 fully saturated rings. The molecule has 3 aliphatic heterocycles. The van der Waals surface area contributed by atoms with Gasteiger partial charge in [-0.2, -0.15) is 5.10 Å². The van der Waals surface area contributed by atoms with Crippen LogP contribution in [0.25, 0.3) is 21.9 Å². The smallest absolute Gasteiger partial charge is 0.274 e. The van der Waals surface area contributed by atoms with Gasteiger partial charge >= 0.3 is 0 Å². The van der Waals surface area contributed by atoms with Crippen LogP contribution in [0, 0.1) is 11.7 Å². The quantitative estimate of drug-likeness (QED) is 0.134. The average molecular weight is 965 g/mol. The Hall–Kier alpha value is -7.15. The number of halogens is 1. The predicted molar refractivity (Wildman–Crippen MR) is 268 cm³/mol. The van der Waals surface area contributed by atoms with Crippen molar-refractivity contribution >= 4 is 40.1 Å². The van der Waals surface area contributed by atoms with E-state index in [4.69, 9.17) is 0 Å². The number of piperazine rings is 2. The number of anilines is 1. The van der Waals surface area contributed by atoms with E-state index in [1.807, 2.05) is 53.0 Å². The fourth-order valence-corrected chi connectivity index (χ4v) is 9.86. The van der Waals surface area contributed by atoms with Crippen molar-refractivity contribution in [3.63, 3.8) is 0 Å². The third-order valence-corrected chi connectivity index (χ3v) is 14.0. The second-order valence-electron chi connectivity index (χ2n) is 18.9. The van der Waals surface area contributed by atoms with Gasteiger partial charge in [-0.3, -0.25) is 33.8 Å². The fraction of sp³-hybridized carbons (Fsp3) is 0.396. The maximum Gasteiger partial charge on any atom is 0.274 e. The third-order valence-electron chi connectivity index (χ3n) is 14.0. The molecule has 6 heterocycles. The van der Waals surface area contributed by atoms with Crippen LogP contribution in [0.15, 0.2) is 96.3 Å². The van der Waals surface area contributed by atoms with E-state index in [1.165, 1.54) is 11.6 Å². The maximum absolute atomic E-state index is 15.1. The lowest BCUT2D eigenvalue weighted by molar-refractivity contribution is -0.134. The molecule has 3 saturated heterocycles. The fourth-order valence-electron chi connectivity index (χ4n) is 9.86. The van der Waals surface area contributed by atoms with Crippen molar-refractivity contribution in [2.45, 2.75) is 39.2 Å². The lowest BCUT2D eigenvalue weighted by Crippen LogP contribution is -2.53. The summed E-state index contributed by atoms with van der Waals surface area (Å²) in [7, 11) is 1.89. The average Bonchev–Trinajstić information content (AvgIpc) is 3.82. The predicted octanol–water partition coefficient (Wildman–Crippen LogP) is 4.19. The summed E-state index contributed by atoms with van der Waals surface area (Å²) in [6, 6.07) is 21.7. The molecule has 0 radical (unpaired) electrons. The molecular formula is C53H61FN12O5. The highest BCUT2D eigenvalue weighted by Crippen LogP contribution is 2.28. The molecule has 3 aromatic heterocycles. The van der Waals surface area contributed by atoms with Gasteiger partial charge < -0.3 is 29.9 Å². The van der Waals surface area contributed by atoms with Gasteiger partial charge in [0, 0.05) is 102 Å². The minimum absolute atomic E-state index is 0.0277. The standard InChI is InChI=1S/C53H61FN12O5/c1-3-36-7-6-8-39(25-36)40-28-47(58-48(67)31-55-30-41-33-61(2)35-57-41)50(56-29-40)53(71)66-19-17-63(18-20-66)32-37-13-15-62(16-14-37)34-49(68)64-21-23-65(24-22-64)52(70)44-26-38(11-12-45(44)54)27-46-42-9-4-5-10-43(42)51(69)60-59-46/h4-12,25-26,28-29,33,35,37,55H,3,13-24,27,30-32,34H2,1-2H3,(H,58,67)(H,60,69). The first-order chi connectivity index (χ1) is 34.5. The second kappa shape index (κ2) is 22.3. The first kappa shape index (κ1) is 48.9. The Labute approximate surface area is 412 Å². The summed E-state index contributed by atoms with van der Waals surface area (Å²) < 4.78 is 17.0. The van der Waals surface area contributed by atoms with Crippen LogP contribution >= 0.6 is 0 Å². The summed E-state index contributed by atoms with van der Waals surface area (Å²) in [6.45, 7) is 9.32. The number of carbonyl (C=O) groups excluding carboxylic acids is 4. The topological polar surface area (TPSA) is 185 Å². The second-order valence-corrected chi connectivity index (χ2v) is 18.9. The highest BCUT2D eigenvalue weighted by atomic mass is 19.1. The zero-order valence-electron chi connectivity index (χ0n) is 40.4. The van der Waals surface area contributed by atoms with E-state index in [0.717, 1.165) is 68.8 Å². The first-order valence-electron chi connectivity index (χ1n) is 24.6. The number of carbonyl (C=O) groups is 4. The van der Waals surface area contributed by atoms with Gasteiger partial charge in [0.2, 0.25) is 11.8 Å². The van der Waals surface area contributed by atoms with Crippen molar-refractivity contribution in [1.82, 2.24) is 54.5 Å². The van der Waals surface area contributed by atoms with Gasteiger partial charge in [0.15, 0.2) is 5.69 Å².